The number of carbonyl (C=O) groups excluding carboxylic acids is 1. The highest BCUT2D eigenvalue weighted by atomic mass is 16.5. The summed E-state index contributed by atoms with van der Waals surface area (Å²) in [6, 6.07) is 9.86. The van der Waals surface area contributed by atoms with Crippen LogP contribution in [0.15, 0.2) is 29.1 Å². The molecular weight excluding hydrogens is 366 g/mol. The quantitative estimate of drug-likeness (QED) is 0.682. The molecule has 0 radical (unpaired) electrons. The van der Waals surface area contributed by atoms with Crippen molar-refractivity contribution in [3.05, 3.63) is 62.6 Å². The molecule has 0 unspecified atom stereocenters. The average Bonchev–Trinajstić information content (AvgIpc) is 2.67. The van der Waals surface area contributed by atoms with Crippen molar-refractivity contribution in [2.24, 2.45) is 5.92 Å². The van der Waals surface area contributed by atoms with E-state index in [0.29, 0.717) is 43.2 Å². The zero-order valence-corrected chi connectivity index (χ0v) is 17.6. The lowest BCUT2D eigenvalue weighted by Gasteiger charge is -2.11. The van der Waals surface area contributed by atoms with Crippen LogP contribution < -0.4 is 15.6 Å². The van der Waals surface area contributed by atoms with Crippen molar-refractivity contribution in [2.75, 3.05) is 13.2 Å². The fourth-order valence-electron chi connectivity index (χ4n) is 3.11. The van der Waals surface area contributed by atoms with Crippen LogP contribution in [0.2, 0.25) is 0 Å². The summed E-state index contributed by atoms with van der Waals surface area (Å²) in [6.45, 7) is 9.01. The Morgan fingerprint density at radius 3 is 2.52 bits per heavy atom. The minimum absolute atomic E-state index is 0.0506. The van der Waals surface area contributed by atoms with E-state index in [1.165, 1.54) is 0 Å². The van der Waals surface area contributed by atoms with Gasteiger partial charge in [-0.05, 0) is 61.4 Å². The predicted octanol–water partition coefficient (Wildman–Crippen LogP) is 3.19. The van der Waals surface area contributed by atoms with Gasteiger partial charge in [0.1, 0.15) is 17.4 Å². The molecule has 0 aliphatic rings. The van der Waals surface area contributed by atoms with Gasteiger partial charge in [-0.1, -0.05) is 26.0 Å². The Hall–Kier alpha value is -3.07. The van der Waals surface area contributed by atoms with Gasteiger partial charge in [0.05, 0.1) is 6.61 Å². The van der Waals surface area contributed by atoms with Crippen LogP contribution in [0, 0.1) is 31.1 Å². The lowest BCUT2D eigenvalue weighted by molar-refractivity contribution is -0.121. The first kappa shape index (κ1) is 22.2. The maximum Gasteiger partial charge on any atom is 0.266 e. The van der Waals surface area contributed by atoms with E-state index < -0.39 is 0 Å². The van der Waals surface area contributed by atoms with E-state index in [4.69, 9.17) is 10.00 Å². The fourth-order valence-corrected chi connectivity index (χ4v) is 3.11. The van der Waals surface area contributed by atoms with Crippen molar-refractivity contribution >= 4 is 5.91 Å². The second kappa shape index (κ2) is 10.5. The number of benzene rings is 1. The second-order valence-corrected chi connectivity index (χ2v) is 7.62. The van der Waals surface area contributed by atoms with E-state index in [1.807, 2.05) is 30.3 Å². The van der Waals surface area contributed by atoms with Crippen molar-refractivity contribution in [1.29, 1.82) is 5.26 Å². The largest absolute Gasteiger partial charge is 0.493 e. The molecule has 0 aliphatic carbocycles. The molecule has 1 amide bonds. The van der Waals surface area contributed by atoms with Crippen molar-refractivity contribution in [3.8, 4) is 11.8 Å². The molecule has 0 atom stereocenters. The Kier molecular flexibility index (Phi) is 8.02. The van der Waals surface area contributed by atoms with Crippen molar-refractivity contribution in [2.45, 2.75) is 47.0 Å². The molecule has 1 aromatic heterocycles. The number of nitrogens with zero attached hydrogens (tertiary/aromatic N) is 1. The van der Waals surface area contributed by atoms with Gasteiger partial charge >= 0.3 is 0 Å². The fraction of sp³-hybridized carbons (Fsp3) is 0.435. The Morgan fingerprint density at radius 1 is 1.21 bits per heavy atom. The molecule has 0 spiro atoms. The summed E-state index contributed by atoms with van der Waals surface area (Å²) in [5.41, 5.74) is 3.09. The summed E-state index contributed by atoms with van der Waals surface area (Å²) in [4.78, 5) is 26.7. The maximum atomic E-state index is 12.2. The van der Waals surface area contributed by atoms with Crippen LogP contribution in [0.1, 0.15) is 48.2 Å². The van der Waals surface area contributed by atoms with Gasteiger partial charge in [0.2, 0.25) is 5.91 Å². The molecule has 1 heterocycles. The summed E-state index contributed by atoms with van der Waals surface area (Å²) < 4.78 is 5.67. The number of carbonyl (C=O) groups is 1. The van der Waals surface area contributed by atoms with Crippen molar-refractivity contribution < 1.29 is 9.53 Å². The number of nitrogens with one attached hydrogen (secondary N) is 2. The number of hydrogen-bond acceptors (Lipinski definition) is 4. The van der Waals surface area contributed by atoms with Crippen molar-refractivity contribution in [1.82, 2.24) is 10.3 Å². The van der Waals surface area contributed by atoms with Gasteiger partial charge in [-0.15, -0.1) is 0 Å². The molecule has 154 valence electrons. The maximum absolute atomic E-state index is 12.2. The predicted molar refractivity (Wildman–Crippen MR) is 113 cm³/mol. The van der Waals surface area contributed by atoms with Crippen LogP contribution in [-0.2, 0) is 17.6 Å². The lowest BCUT2D eigenvalue weighted by atomic mass is 9.99. The molecule has 0 bridgehead atoms. The minimum Gasteiger partial charge on any atom is -0.493 e. The van der Waals surface area contributed by atoms with Gasteiger partial charge in [0.15, 0.2) is 0 Å². The lowest BCUT2D eigenvalue weighted by Crippen LogP contribution is -2.26. The Balaban J connectivity index is 1.81. The average molecular weight is 396 g/mol. The van der Waals surface area contributed by atoms with E-state index in [1.54, 1.807) is 13.8 Å². The van der Waals surface area contributed by atoms with E-state index >= 15 is 0 Å². The van der Waals surface area contributed by atoms with Crippen LogP contribution in [0.3, 0.4) is 0 Å². The van der Waals surface area contributed by atoms with Crippen LogP contribution >= 0.6 is 0 Å². The van der Waals surface area contributed by atoms with Crippen LogP contribution in [0.4, 0.5) is 0 Å². The molecule has 6 nitrogen and oxygen atoms in total. The molecule has 2 rings (SSSR count). The van der Waals surface area contributed by atoms with E-state index in [9.17, 15) is 9.59 Å². The number of pyridine rings is 1. The highest BCUT2D eigenvalue weighted by Crippen LogP contribution is 2.15. The number of H-pyrrole nitrogens is 1. The number of amides is 1. The zero-order valence-electron chi connectivity index (χ0n) is 17.6. The molecule has 0 saturated heterocycles. The summed E-state index contributed by atoms with van der Waals surface area (Å²) >= 11 is 0. The van der Waals surface area contributed by atoms with Gasteiger partial charge in [-0.2, -0.15) is 5.26 Å². The van der Waals surface area contributed by atoms with E-state index in [2.05, 4.69) is 24.1 Å². The van der Waals surface area contributed by atoms with Crippen LogP contribution in [0.25, 0.3) is 0 Å². The van der Waals surface area contributed by atoms with E-state index in [-0.39, 0.29) is 17.0 Å². The first-order valence-electron chi connectivity index (χ1n) is 9.92. The van der Waals surface area contributed by atoms with Gasteiger partial charge in [0, 0.05) is 18.7 Å². The number of aromatic amines is 1. The monoisotopic (exact) mass is 395 g/mol. The molecule has 2 N–H and O–H groups in total. The Morgan fingerprint density at radius 2 is 1.90 bits per heavy atom. The Labute approximate surface area is 171 Å². The molecule has 0 aliphatic heterocycles. The number of nitriles is 1. The molecule has 29 heavy (non-hydrogen) atoms. The third kappa shape index (κ3) is 6.49. The zero-order chi connectivity index (χ0) is 21.4. The first-order valence-corrected chi connectivity index (χ1v) is 9.92. The first-order chi connectivity index (χ1) is 13.8. The topological polar surface area (TPSA) is 95.0 Å². The van der Waals surface area contributed by atoms with Gasteiger partial charge in [-0.25, -0.2) is 0 Å². The third-order valence-electron chi connectivity index (χ3n) is 4.76. The molecule has 0 fully saturated rings. The summed E-state index contributed by atoms with van der Waals surface area (Å²) in [5, 5.41) is 12.1. The van der Waals surface area contributed by atoms with Crippen LogP contribution in [0.5, 0.6) is 5.75 Å². The smallest absolute Gasteiger partial charge is 0.266 e. The molecule has 1 aromatic carbocycles. The van der Waals surface area contributed by atoms with E-state index in [0.717, 1.165) is 23.3 Å². The number of aryl methyl sites for hydroxylation is 1. The standard InChI is InChI=1S/C23H29N3O3/c1-15(2)14-29-19-7-5-18(6-8-19)11-12-25-22(27)10-9-20-16(3)21(13-24)23(28)26-17(20)4/h5-8,15H,9-12,14H2,1-4H3,(H,25,27)(H,26,28). The molecule has 6 heteroatoms. The Bertz CT molecular complexity index is 938. The van der Waals surface area contributed by atoms with Crippen molar-refractivity contribution in [3.63, 3.8) is 0 Å². The normalized spacial score (nSPS) is 10.6. The number of aromatic nitrogens is 1. The number of rotatable bonds is 9. The third-order valence-corrected chi connectivity index (χ3v) is 4.76. The van der Waals surface area contributed by atoms with Gasteiger partial charge < -0.3 is 15.0 Å². The highest BCUT2D eigenvalue weighted by Gasteiger charge is 2.13. The van der Waals surface area contributed by atoms with Crippen LogP contribution in [-0.4, -0.2) is 24.0 Å². The molecular formula is C23H29N3O3. The summed E-state index contributed by atoms with van der Waals surface area (Å²) in [7, 11) is 0. The van der Waals surface area contributed by atoms with Gasteiger partial charge in [0.25, 0.3) is 5.56 Å². The minimum atomic E-state index is -0.378. The summed E-state index contributed by atoms with van der Waals surface area (Å²) in [6.07, 6.45) is 1.53. The SMILES string of the molecule is Cc1[nH]c(=O)c(C#N)c(C)c1CCC(=O)NCCc1ccc(OCC(C)C)cc1. The molecule has 0 saturated carbocycles. The van der Waals surface area contributed by atoms with Gasteiger partial charge in [-0.3, -0.25) is 9.59 Å². The number of ether oxygens (including phenoxy) is 1. The summed E-state index contributed by atoms with van der Waals surface area (Å²) in [5.74, 6) is 1.29. The second-order valence-electron chi connectivity index (χ2n) is 7.62. The molecule has 2 aromatic rings. The highest BCUT2D eigenvalue weighted by molar-refractivity contribution is 5.76. The number of hydrogen-bond donors (Lipinski definition) is 2.